The number of phenolic OH excluding ortho intramolecular Hbond substituents is 1. The molecular weight excluding hydrogens is 251 g/mol. The van der Waals surface area contributed by atoms with Gasteiger partial charge in [0, 0.05) is 10.6 Å². The first kappa shape index (κ1) is 12.8. The van der Waals surface area contributed by atoms with E-state index in [2.05, 4.69) is 0 Å². The Bertz CT molecular complexity index is 499. The summed E-state index contributed by atoms with van der Waals surface area (Å²) in [6, 6.07) is 13.3. The van der Waals surface area contributed by atoms with E-state index >= 15 is 0 Å². The second-order valence-corrected chi connectivity index (χ2v) is 4.79. The third-order valence-corrected chi connectivity index (χ3v) is 3.26. The molecule has 0 aromatic heterocycles. The summed E-state index contributed by atoms with van der Waals surface area (Å²) in [5.41, 5.74) is 0. The van der Waals surface area contributed by atoms with Gasteiger partial charge in [0.2, 0.25) is 0 Å². The maximum absolute atomic E-state index is 13.2. The highest BCUT2D eigenvalue weighted by Crippen LogP contribution is 2.21. The van der Waals surface area contributed by atoms with E-state index in [9.17, 15) is 4.39 Å². The van der Waals surface area contributed by atoms with Crippen LogP contribution < -0.4 is 4.74 Å². The van der Waals surface area contributed by atoms with Crippen molar-refractivity contribution in [3.05, 3.63) is 54.3 Å². The zero-order valence-corrected chi connectivity index (χ0v) is 10.5. The van der Waals surface area contributed by atoms with Gasteiger partial charge in [-0.3, -0.25) is 0 Å². The second kappa shape index (κ2) is 6.31. The lowest BCUT2D eigenvalue weighted by Gasteiger charge is -2.06. The van der Waals surface area contributed by atoms with Crippen LogP contribution in [0.3, 0.4) is 0 Å². The molecule has 4 heteroatoms. The van der Waals surface area contributed by atoms with Crippen molar-refractivity contribution < 1.29 is 14.2 Å². The van der Waals surface area contributed by atoms with Crippen molar-refractivity contribution in [2.24, 2.45) is 0 Å². The highest BCUT2D eigenvalue weighted by atomic mass is 32.2. The fourth-order valence-corrected chi connectivity index (χ4v) is 2.15. The molecule has 0 atom stereocenters. The number of benzene rings is 2. The topological polar surface area (TPSA) is 29.5 Å². The van der Waals surface area contributed by atoms with Crippen molar-refractivity contribution in [2.75, 3.05) is 12.4 Å². The number of ether oxygens (including phenoxy) is 1. The normalized spacial score (nSPS) is 10.3. The third kappa shape index (κ3) is 3.67. The SMILES string of the molecule is Oc1ccc(SCCOc2ccccc2F)cc1. The van der Waals surface area contributed by atoms with Gasteiger partial charge in [-0.05, 0) is 36.4 Å². The second-order valence-electron chi connectivity index (χ2n) is 3.62. The molecule has 0 fully saturated rings. The molecule has 0 aliphatic carbocycles. The molecule has 0 aliphatic rings. The average molecular weight is 264 g/mol. The minimum Gasteiger partial charge on any atom is -0.508 e. The summed E-state index contributed by atoms with van der Waals surface area (Å²) in [6.07, 6.45) is 0. The van der Waals surface area contributed by atoms with Gasteiger partial charge in [0.25, 0.3) is 0 Å². The molecule has 94 valence electrons. The summed E-state index contributed by atoms with van der Waals surface area (Å²) in [6.45, 7) is 0.437. The zero-order chi connectivity index (χ0) is 12.8. The van der Waals surface area contributed by atoms with E-state index in [-0.39, 0.29) is 17.3 Å². The molecule has 2 aromatic carbocycles. The molecule has 0 aliphatic heterocycles. The fraction of sp³-hybridized carbons (Fsp3) is 0.143. The third-order valence-electron chi connectivity index (χ3n) is 2.28. The molecule has 0 radical (unpaired) electrons. The summed E-state index contributed by atoms with van der Waals surface area (Å²) in [5, 5.41) is 9.13. The van der Waals surface area contributed by atoms with Gasteiger partial charge in [-0.1, -0.05) is 12.1 Å². The van der Waals surface area contributed by atoms with Crippen molar-refractivity contribution in [2.45, 2.75) is 4.90 Å². The van der Waals surface area contributed by atoms with Gasteiger partial charge < -0.3 is 9.84 Å². The summed E-state index contributed by atoms with van der Waals surface area (Å²) in [4.78, 5) is 1.05. The van der Waals surface area contributed by atoms with E-state index in [1.54, 1.807) is 42.1 Å². The standard InChI is InChI=1S/C14H13FO2S/c15-13-3-1-2-4-14(13)17-9-10-18-12-7-5-11(16)6-8-12/h1-8,16H,9-10H2. The van der Waals surface area contributed by atoms with E-state index in [1.165, 1.54) is 6.07 Å². The maximum atomic E-state index is 13.2. The molecule has 0 amide bonds. The van der Waals surface area contributed by atoms with Crippen LogP contribution in [0.5, 0.6) is 11.5 Å². The fourth-order valence-electron chi connectivity index (χ4n) is 1.42. The van der Waals surface area contributed by atoms with E-state index in [1.807, 2.05) is 12.1 Å². The van der Waals surface area contributed by atoms with Crippen molar-refractivity contribution in [1.29, 1.82) is 0 Å². The zero-order valence-electron chi connectivity index (χ0n) is 9.67. The lowest BCUT2D eigenvalue weighted by Crippen LogP contribution is -2.01. The first-order valence-electron chi connectivity index (χ1n) is 5.55. The van der Waals surface area contributed by atoms with Crippen LogP contribution in [0.15, 0.2) is 53.4 Å². The van der Waals surface area contributed by atoms with E-state index in [4.69, 9.17) is 9.84 Å². The maximum Gasteiger partial charge on any atom is 0.165 e. The predicted octanol–water partition coefficient (Wildman–Crippen LogP) is 3.70. The Hall–Kier alpha value is -1.68. The van der Waals surface area contributed by atoms with Gasteiger partial charge in [-0.15, -0.1) is 11.8 Å². The number of hydrogen-bond donors (Lipinski definition) is 1. The molecule has 0 saturated carbocycles. The number of para-hydroxylation sites is 1. The summed E-state index contributed by atoms with van der Waals surface area (Å²) >= 11 is 1.60. The van der Waals surface area contributed by atoms with Crippen LogP contribution in [0.4, 0.5) is 4.39 Å². The number of aromatic hydroxyl groups is 1. The molecule has 2 aromatic rings. The van der Waals surface area contributed by atoms with E-state index in [0.717, 1.165) is 10.6 Å². The highest BCUT2D eigenvalue weighted by Gasteiger charge is 2.01. The molecule has 18 heavy (non-hydrogen) atoms. The predicted molar refractivity (Wildman–Crippen MR) is 70.7 cm³/mol. The quantitative estimate of drug-likeness (QED) is 0.659. The van der Waals surface area contributed by atoms with Crippen LogP contribution in [0.25, 0.3) is 0 Å². The number of phenols is 1. The minimum atomic E-state index is -0.341. The molecule has 0 bridgehead atoms. The Morgan fingerprint density at radius 3 is 2.50 bits per heavy atom. The van der Waals surface area contributed by atoms with Crippen LogP contribution in [-0.4, -0.2) is 17.5 Å². The number of rotatable bonds is 5. The van der Waals surface area contributed by atoms with E-state index in [0.29, 0.717) is 6.61 Å². The van der Waals surface area contributed by atoms with Crippen molar-refractivity contribution in [1.82, 2.24) is 0 Å². The first-order chi connectivity index (χ1) is 8.75. The highest BCUT2D eigenvalue weighted by molar-refractivity contribution is 7.99. The van der Waals surface area contributed by atoms with Crippen LogP contribution in [0.2, 0.25) is 0 Å². The van der Waals surface area contributed by atoms with Crippen LogP contribution in [0, 0.1) is 5.82 Å². The smallest absolute Gasteiger partial charge is 0.165 e. The average Bonchev–Trinajstić information content (AvgIpc) is 2.39. The molecular formula is C14H13FO2S. The van der Waals surface area contributed by atoms with Gasteiger partial charge in [0.15, 0.2) is 11.6 Å². The summed E-state index contributed by atoms with van der Waals surface area (Å²) in [7, 11) is 0. The van der Waals surface area contributed by atoms with Crippen LogP contribution in [-0.2, 0) is 0 Å². The molecule has 2 rings (SSSR count). The summed E-state index contributed by atoms with van der Waals surface area (Å²) < 4.78 is 18.6. The monoisotopic (exact) mass is 264 g/mol. The van der Waals surface area contributed by atoms with Crippen LogP contribution >= 0.6 is 11.8 Å². The van der Waals surface area contributed by atoms with Gasteiger partial charge in [-0.25, -0.2) is 4.39 Å². The number of halogens is 1. The molecule has 0 unspecified atom stereocenters. The number of hydrogen-bond acceptors (Lipinski definition) is 3. The first-order valence-corrected chi connectivity index (χ1v) is 6.53. The molecule has 0 spiro atoms. The Morgan fingerprint density at radius 1 is 1.06 bits per heavy atom. The molecule has 0 heterocycles. The van der Waals surface area contributed by atoms with Crippen molar-refractivity contribution in [3.8, 4) is 11.5 Å². The van der Waals surface area contributed by atoms with Gasteiger partial charge in [0.1, 0.15) is 5.75 Å². The van der Waals surface area contributed by atoms with Crippen molar-refractivity contribution in [3.63, 3.8) is 0 Å². The van der Waals surface area contributed by atoms with Gasteiger partial charge in [0.05, 0.1) is 6.61 Å². The Balaban J connectivity index is 1.76. The summed E-state index contributed by atoms with van der Waals surface area (Å²) in [5.74, 6) is 0.914. The molecule has 1 N–H and O–H groups in total. The largest absolute Gasteiger partial charge is 0.508 e. The molecule has 2 nitrogen and oxygen atoms in total. The van der Waals surface area contributed by atoms with Gasteiger partial charge >= 0.3 is 0 Å². The molecule has 0 saturated heterocycles. The Labute approximate surface area is 109 Å². The lowest BCUT2D eigenvalue weighted by atomic mass is 10.3. The number of thioether (sulfide) groups is 1. The van der Waals surface area contributed by atoms with E-state index < -0.39 is 0 Å². The Morgan fingerprint density at radius 2 is 1.78 bits per heavy atom. The minimum absolute atomic E-state index is 0.252. The van der Waals surface area contributed by atoms with Crippen LogP contribution in [0.1, 0.15) is 0 Å². The lowest BCUT2D eigenvalue weighted by molar-refractivity contribution is 0.325. The van der Waals surface area contributed by atoms with Crippen molar-refractivity contribution >= 4 is 11.8 Å². The van der Waals surface area contributed by atoms with Gasteiger partial charge in [-0.2, -0.15) is 0 Å². The Kier molecular flexibility index (Phi) is 4.47.